The van der Waals surface area contributed by atoms with Crippen molar-refractivity contribution in [3.8, 4) is 11.6 Å². The molecule has 0 aliphatic rings. The highest BCUT2D eigenvalue weighted by Gasteiger charge is 2.10. The van der Waals surface area contributed by atoms with Gasteiger partial charge in [-0.3, -0.25) is 0 Å². The second kappa shape index (κ2) is 6.42. The number of hydrogen-bond acceptors (Lipinski definition) is 8. The molecule has 3 heterocycles. The third-order valence-corrected chi connectivity index (χ3v) is 3.52. The number of aromatic nitrogens is 4. The minimum Gasteiger partial charge on any atom is -0.481 e. The number of hydrogen-bond donors (Lipinski definition) is 4. The van der Waals surface area contributed by atoms with Crippen LogP contribution in [0.1, 0.15) is 11.1 Å². The molecule has 3 aromatic rings. The Kier molecular flexibility index (Phi) is 4.17. The number of nitrogens with one attached hydrogen (secondary N) is 1. The minimum absolute atomic E-state index is 0.346. The number of methoxy groups -OCH3 is 1. The summed E-state index contributed by atoms with van der Waals surface area (Å²) in [5, 5.41) is 4.36. The van der Waals surface area contributed by atoms with Crippen LogP contribution in [-0.4, -0.2) is 26.9 Å². The molecule has 0 bridgehead atoms. The lowest BCUT2D eigenvalue weighted by Crippen LogP contribution is -2.13. The van der Waals surface area contributed by atoms with Crippen molar-refractivity contribution in [2.75, 3.05) is 24.0 Å². The fourth-order valence-corrected chi connectivity index (χ4v) is 2.35. The molecule has 0 aliphatic carbocycles. The molecule has 0 unspecified atom stereocenters. The second-order valence-corrected chi connectivity index (χ2v) is 5.14. The average molecular weight is 326 g/mol. The van der Waals surface area contributed by atoms with Crippen molar-refractivity contribution in [1.82, 2.24) is 19.7 Å². The van der Waals surface area contributed by atoms with E-state index in [1.54, 1.807) is 36.3 Å². The van der Waals surface area contributed by atoms with Crippen molar-refractivity contribution in [3.05, 3.63) is 47.9 Å². The molecule has 0 saturated heterocycles. The van der Waals surface area contributed by atoms with Crippen LogP contribution in [0.3, 0.4) is 0 Å². The van der Waals surface area contributed by atoms with Crippen molar-refractivity contribution in [1.29, 1.82) is 0 Å². The number of nitrogens with zero attached hydrogens (tertiary/aromatic N) is 4. The molecule has 0 spiro atoms. The molecule has 0 fully saturated rings. The summed E-state index contributed by atoms with van der Waals surface area (Å²) in [6, 6.07) is 5.36. The lowest BCUT2D eigenvalue weighted by molar-refractivity contribution is 0.397. The van der Waals surface area contributed by atoms with Gasteiger partial charge in [0.2, 0.25) is 5.88 Å². The van der Waals surface area contributed by atoms with Gasteiger partial charge in [0.25, 0.3) is 0 Å². The number of rotatable bonds is 5. The highest BCUT2D eigenvalue weighted by molar-refractivity contribution is 5.68. The molecule has 124 valence electrons. The topological polar surface area (TPSA) is 143 Å². The third-order valence-electron chi connectivity index (χ3n) is 3.52. The Hall–Kier alpha value is -3.33. The number of ether oxygens (including phenoxy) is 1. The van der Waals surface area contributed by atoms with Gasteiger partial charge in [-0.05, 0) is 23.3 Å². The molecule has 0 amide bonds. The van der Waals surface area contributed by atoms with Crippen LogP contribution in [0.15, 0.2) is 36.8 Å². The summed E-state index contributed by atoms with van der Waals surface area (Å²) < 4.78 is 6.86. The Balaban J connectivity index is 1.88. The number of nitrogen functional groups attached to an aromatic ring is 3. The van der Waals surface area contributed by atoms with E-state index in [0.717, 1.165) is 16.8 Å². The molecule has 9 nitrogen and oxygen atoms in total. The van der Waals surface area contributed by atoms with Crippen LogP contribution in [0.25, 0.3) is 5.69 Å². The summed E-state index contributed by atoms with van der Waals surface area (Å²) in [5.41, 5.74) is 17.4. The van der Waals surface area contributed by atoms with Gasteiger partial charge in [-0.15, -0.1) is 0 Å². The van der Waals surface area contributed by atoms with Gasteiger partial charge in [0.15, 0.2) is 5.82 Å². The van der Waals surface area contributed by atoms with Crippen molar-refractivity contribution in [3.63, 3.8) is 0 Å². The van der Waals surface area contributed by atoms with Gasteiger partial charge in [-0.2, -0.15) is 5.10 Å². The predicted octanol–water partition coefficient (Wildman–Crippen LogP) is 0.712. The largest absolute Gasteiger partial charge is 0.481 e. The SMILES string of the molecule is COc1cc(-n2cc(Cc3cc(N)nc(NN)c3N)cn2)ccn1. The van der Waals surface area contributed by atoms with E-state index in [1.807, 2.05) is 12.3 Å². The van der Waals surface area contributed by atoms with E-state index in [4.69, 9.17) is 22.0 Å². The van der Waals surface area contributed by atoms with Crippen molar-refractivity contribution >= 4 is 17.3 Å². The Bertz CT molecular complexity index is 860. The molecule has 0 aromatic carbocycles. The van der Waals surface area contributed by atoms with E-state index in [1.165, 1.54) is 0 Å². The molecule has 0 atom stereocenters. The van der Waals surface area contributed by atoms with Gasteiger partial charge in [0.05, 0.1) is 24.7 Å². The lowest BCUT2D eigenvalue weighted by atomic mass is 10.1. The van der Waals surface area contributed by atoms with Crippen molar-refractivity contribution in [2.45, 2.75) is 6.42 Å². The van der Waals surface area contributed by atoms with Gasteiger partial charge < -0.3 is 21.6 Å². The molecule has 3 rings (SSSR count). The van der Waals surface area contributed by atoms with Crippen molar-refractivity contribution in [2.24, 2.45) is 5.84 Å². The zero-order valence-corrected chi connectivity index (χ0v) is 13.1. The first-order valence-corrected chi connectivity index (χ1v) is 7.16. The molecular formula is C15H18N8O. The van der Waals surface area contributed by atoms with Crippen LogP contribution in [-0.2, 0) is 6.42 Å². The first-order valence-electron chi connectivity index (χ1n) is 7.16. The third kappa shape index (κ3) is 3.06. The van der Waals surface area contributed by atoms with Crippen LogP contribution in [0.4, 0.5) is 17.3 Å². The molecule has 0 saturated carbocycles. The number of anilines is 3. The summed E-state index contributed by atoms with van der Waals surface area (Å²) in [7, 11) is 1.57. The van der Waals surface area contributed by atoms with Crippen LogP contribution in [0, 0.1) is 0 Å². The highest BCUT2D eigenvalue weighted by atomic mass is 16.5. The number of hydrazine groups is 1. The Morgan fingerprint density at radius 2 is 2.12 bits per heavy atom. The van der Waals surface area contributed by atoms with E-state index in [0.29, 0.717) is 29.6 Å². The zero-order chi connectivity index (χ0) is 17.1. The van der Waals surface area contributed by atoms with Crippen LogP contribution in [0.2, 0.25) is 0 Å². The fourth-order valence-electron chi connectivity index (χ4n) is 2.35. The Morgan fingerprint density at radius 3 is 2.88 bits per heavy atom. The van der Waals surface area contributed by atoms with Crippen molar-refractivity contribution < 1.29 is 4.74 Å². The maximum Gasteiger partial charge on any atom is 0.215 e. The van der Waals surface area contributed by atoms with Crippen LogP contribution in [0.5, 0.6) is 5.88 Å². The first kappa shape index (κ1) is 15.6. The Morgan fingerprint density at radius 1 is 1.29 bits per heavy atom. The molecule has 0 aliphatic heterocycles. The molecular weight excluding hydrogens is 308 g/mol. The zero-order valence-electron chi connectivity index (χ0n) is 13.1. The minimum atomic E-state index is 0.346. The standard InChI is InChI=1S/C15H18N8O/c1-24-13-6-11(2-3-19-13)23-8-9(7-20-23)4-10-5-12(16)21-15(22-18)14(10)17/h2-3,5-8H,4,17-18H2,1H3,(H3,16,21,22). The summed E-state index contributed by atoms with van der Waals surface area (Å²) in [4.78, 5) is 8.12. The van der Waals surface area contributed by atoms with E-state index in [9.17, 15) is 0 Å². The maximum absolute atomic E-state index is 6.05. The smallest absolute Gasteiger partial charge is 0.215 e. The summed E-state index contributed by atoms with van der Waals surface area (Å²) >= 11 is 0. The molecule has 24 heavy (non-hydrogen) atoms. The normalized spacial score (nSPS) is 10.6. The van der Waals surface area contributed by atoms with E-state index in [-0.39, 0.29) is 0 Å². The van der Waals surface area contributed by atoms with Gasteiger partial charge in [0, 0.05) is 24.9 Å². The average Bonchev–Trinajstić information content (AvgIpc) is 3.06. The quantitative estimate of drug-likeness (QED) is 0.396. The molecule has 7 N–H and O–H groups in total. The van der Waals surface area contributed by atoms with E-state index in [2.05, 4.69) is 20.5 Å². The van der Waals surface area contributed by atoms with Gasteiger partial charge in [0.1, 0.15) is 5.82 Å². The van der Waals surface area contributed by atoms with Gasteiger partial charge in [-0.25, -0.2) is 20.5 Å². The summed E-state index contributed by atoms with van der Waals surface area (Å²) in [6.07, 6.45) is 5.88. The highest BCUT2D eigenvalue weighted by Crippen LogP contribution is 2.25. The molecule has 3 aromatic heterocycles. The number of nitrogens with two attached hydrogens (primary N) is 3. The van der Waals surface area contributed by atoms with Crippen LogP contribution < -0.4 is 27.5 Å². The summed E-state index contributed by atoms with van der Waals surface area (Å²) in [5.74, 6) is 6.63. The van der Waals surface area contributed by atoms with Crippen LogP contribution >= 0.6 is 0 Å². The van der Waals surface area contributed by atoms with Gasteiger partial charge >= 0.3 is 0 Å². The first-order chi connectivity index (χ1) is 11.6. The predicted molar refractivity (Wildman–Crippen MR) is 91.6 cm³/mol. The second-order valence-electron chi connectivity index (χ2n) is 5.14. The van der Waals surface area contributed by atoms with E-state index >= 15 is 0 Å². The van der Waals surface area contributed by atoms with Gasteiger partial charge in [-0.1, -0.05) is 0 Å². The number of pyridine rings is 2. The van der Waals surface area contributed by atoms with E-state index < -0.39 is 0 Å². The maximum atomic E-state index is 6.05. The Labute approximate surface area is 138 Å². The molecule has 0 radical (unpaired) electrons. The lowest BCUT2D eigenvalue weighted by Gasteiger charge is -2.10. The summed E-state index contributed by atoms with van der Waals surface area (Å²) in [6.45, 7) is 0. The molecule has 9 heteroatoms. The monoisotopic (exact) mass is 326 g/mol. The fraction of sp³-hybridized carbons (Fsp3) is 0.133.